The number of carbonyl (C=O) groups is 1. The molecule has 2 heterocycles. The predicted octanol–water partition coefficient (Wildman–Crippen LogP) is 4.58. The number of hydrogen-bond acceptors (Lipinski definition) is 4. The maximum Gasteiger partial charge on any atom is 0.257 e. The SMILES string of the molecule is C=CC(Cc1ccccc1)S(=O)(=O)NC(=O)/C=C/c1c(C)nn(C)c1-n1ccc2cc(Cl)ccc21. The molecule has 4 rings (SSSR count). The van der Waals surface area contributed by atoms with Gasteiger partial charge >= 0.3 is 0 Å². The van der Waals surface area contributed by atoms with E-state index in [-0.39, 0.29) is 6.42 Å². The van der Waals surface area contributed by atoms with Gasteiger partial charge in [0.25, 0.3) is 5.91 Å². The van der Waals surface area contributed by atoms with Gasteiger partial charge in [0, 0.05) is 35.3 Å². The van der Waals surface area contributed by atoms with Crippen molar-refractivity contribution in [1.82, 2.24) is 19.1 Å². The fourth-order valence-corrected chi connectivity index (χ4v) is 5.36. The number of carbonyl (C=O) groups excluding carboxylic acids is 1. The number of fused-ring (bicyclic) bond motifs is 1. The van der Waals surface area contributed by atoms with E-state index in [9.17, 15) is 13.2 Å². The maximum atomic E-state index is 12.8. The Kier molecular flexibility index (Phi) is 6.95. The Morgan fingerprint density at radius 2 is 1.94 bits per heavy atom. The van der Waals surface area contributed by atoms with Crippen LogP contribution in [0.5, 0.6) is 0 Å². The molecule has 1 amide bonds. The van der Waals surface area contributed by atoms with Crippen LogP contribution in [0, 0.1) is 6.92 Å². The van der Waals surface area contributed by atoms with E-state index in [1.807, 2.05) is 79.3 Å². The molecule has 1 unspecified atom stereocenters. The van der Waals surface area contributed by atoms with E-state index in [1.165, 1.54) is 12.2 Å². The van der Waals surface area contributed by atoms with Gasteiger partial charge in [0.1, 0.15) is 11.1 Å². The van der Waals surface area contributed by atoms with Crippen LogP contribution in [-0.2, 0) is 28.3 Å². The monoisotopic (exact) mass is 508 g/mol. The smallest absolute Gasteiger partial charge is 0.257 e. The number of hydrogen-bond donors (Lipinski definition) is 1. The van der Waals surface area contributed by atoms with E-state index in [2.05, 4.69) is 16.4 Å². The van der Waals surface area contributed by atoms with Crippen molar-refractivity contribution in [3.8, 4) is 5.82 Å². The maximum absolute atomic E-state index is 12.8. The van der Waals surface area contributed by atoms with Crippen LogP contribution >= 0.6 is 11.6 Å². The van der Waals surface area contributed by atoms with E-state index in [4.69, 9.17) is 11.6 Å². The Morgan fingerprint density at radius 3 is 2.66 bits per heavy atom. The molecule has 0 saturated carbocycles. The van der Waals surface area contributed by atoms with Crippen molar-refractivity contribution in [1.29, 1.82) is 0 Å². The number of rotatable bonds is 8. The molecule has 0 bridgehead atoms. The lowest BCUT2D eigenvalue weighted by atomic mass is 10.1. The highest BCUT2D eigenvalue weighted by molar-refractivity contribution is 7.90. The summed E-state index contributed by atoms with van der Waals surface area (Å²) in [6.07, 6.45) is 6.23. The summed E-state index contributed by atoms with van der Waals surface area (Å²) in [5, 5.41) is 5.14. The summed E-state index contributed by atoms with van der Waals surface area (Å²) in [5.74, 6) is -0.0111. The molecule has 1 N–H and O–H groups in total. The zero-order chi connectivity index (χ0) is 25.2. The van der Waals surface area contributed by atoms with Crippen LogP contribution in [-0.4, -0.2) is 33.9 Å². The molecule has 4 aromatic rings. The van der Waals surface area contributed by atoms with Gasteiger partial charge in [0.2, 0.25) is 10.0 Å². The highest BCUT2D eigenvalue weighted by Crippen LogP contribution is 2.27. The van der Waals surface area contributed by atoms with Gasteiger partial charge in [-0.05, 0) is 49.2 Å². The summed E-state index contributed by atoms with van der Waals surface area (Å²) in [6, 6.07) is 16.7. The van der Waals surface area contributed by atoms with E-state index in [1.54, 1.807) is 10.8 Å². The number of sulfonamides is 1. The molecule has 0 saturated heterocycles. The third-order valence-corrected chi connectivity index (χ3v) is 7.58. The minimum Gasteiger partial charge on any atom is -0.301 e. The number of nitrogens with zero attached hydrogens (tertiary/aromatic N) is 3. The zero-order valence-corrected chi connectivity index (χ0v) is 20.9. The quantitative estimate of drug-likeness (QED) is 0.279. The lowest BCUT2D eigenvalue weighted by Gasteiger charge is -2.14. The minimum absolute atomic E-state index is 0.216. The number of aryl methyl sites for hydroxylation is 2. The van der Waals surface area contributed by atoms with Crippen molar-refractivity contribution in [3.63, 3.8) is 0 Å². The van der Waals surface area contributed by atoms with Crippen LogP contribution in [0.1, 0.15) is 16.8 Å². The molecule has 0 radical (unpaired) electrons. The number of benzene rings is 2. The highest BCUT2D eigenvalue weighted by Gasteiger charge is 2.24. The van der Waals surface area contributed by atoms with E-state index in [0.717, 1.165) is 22.3 Å². The first-order valence-corrected chi connectivity index (χ1v) is 12.8. The molecular formula is C26H25ClN4O3S. The van der Waals surface area contributed by atoms with Crippen molar-refractivity contribution in [3.05, 3.63) is 101 Å². The minimum atomic E-state index is -3.97. The average Bonchev–Trinajstić information content (AvgIpc) is 3.34. The Bertz CT molecular complexity index is 1540. The first-order chi connectivity index (χ1) is 16.7. The second-order valence-electron chi connectivity index (χ2n) is 8.14. The molecule has 0 aliphatic rings. The molecule has 2 aromatic carbocycles. The molecule has 7 nitrogen and oxygen atoms in total. The van der Waals surface area contributed by atoms with Crippen molar-refractivity contribution in [2.45, 2.75) is 18.6 Å². The lowest BCUT2D eigenvalue weighted by molar-refractivity contribution is -0.114. The lowest BCUT2D eigenvalue weighted by Crippen LogP contribution is -2.37. The summed E-state index contributed by atoms with van der Waals surface area (Å²) >= 11 is 6.12. The first kappa shape index (κ1) is 24.5. The van der Waals surface area contributed by atoms with Gasteiger partial charge in [-0.3, -0.25) is 9.48 Å². The fourth-order valence-electron chi connectivity index (χ4n) is 4.02. The van der Waals surface area contributed by atoms with Crippen LogP contribution < -0.4 is 4.72 Å². The van der Waals surface area contributed by atoms with Gasteiger partial charge in [0.15, 0.2) is 0 Å². The van der Waals surface area contributed by atoms with Crippen molar-refractivity contribution in [2.75, 3.05) is 0 Å². The van der Waals surface area contributed by atoms with Crippen LogP contribution in [0.2, 0.25) is 5.02 Å². The standard InChI is InChI=1S/C26H25ClN4O3S/c1-4-22(16-19-8-6-5-7-9-19)35(33,34)29-25(32)13-11-23-18(2)28-30(3)26(23)31-15-14-20-17-21(27)10-12-24(20)31/h4-15,17,22H,1,16H2,2-3H3,(H,29,32)/b13-11+. The van der Waals surface area contributed by atoms with Crippen molar-refractivity contribution < 1.29 is 13.2 Å². The second-order valence-corrected chi connectivity index (χ2v) is 10.5. The molecule has 1 atom stereocenters. The summed E-state index contributed by atoms with van der Waals surface area (Å²) < 4.78 is 31.4. The average molecular weight is 509 g/mol. The number of amides is 1. The summed E-state index contributed by atoms with van der Waals surface area (Å²) in [7, 11) is -2.16. The number of nitrogens with one attached hydrogen (secondary N) is 1. The Balaban J connectivity index is 1.58. The van der Waals surface area contributed by atoms with E-state index >= 15 is 0 Å². The largest absolute Gasteiger partial charge is 0.301 e. The molecule has 0 fully saturated rings. The van der Waals surface area contributed by atoms with Gasteiger partial charge in [0.05, 0.1) is 11.2 Å². The van der Waals surface area contributed by atoms with Gasteiger partial charge in [-0.1, -0.05) is 48.0 Å². The molecule has 0 aliphatic heterocycles. The molecule has 2 aromatic heterocycles. The van der Waals surface area contributed by atoms with Gasteiger partial charge < -0.3 is 4.57 Å². The molecule has 0 spiro atoms. The van der Waals surface area contributed by atoms with Crippen LogP contribution in [0.3, 0.4) is 0 Å². The molecule has 180 valence electrons. The highest BCUT2D eigenvalue weighted by atomic mass is 35.5. The Labute approximate surface area is 209 Å². The van der Waals surface area contributed by atoms with Crippen LogP contribution in [0.25, 0.3) is 22.8 Å². The summed E-state index contributed by atoms with van der Waals surface area (Å²) in [5.41, 5.74) is 3.14. The number of aromatic nitrogens is 3. The van der Waals surface area contributed by atoms with E-state index < -0.39 is 21.2 Å². The first-order valence-electron chi connectivity index (χ1n) is 10.9. The van der Waals surface area contributed by atoms with Crippen molar-refractivity contribution >= 4 is 44.5 Å². The molecule has 35 heavy (non-hydrogen) atoms. The third kappa shape index (κ3) is 5.23. The van der Waals surface area contributed by atoms with Crippen molar-refractivity contribution in [2.24, 2.45) is 7.05 Å². The zero-order valence-electron chi connectivity index (χ0n) is 19.3. The third-order valence-electron chi connectivity index (χ3n) is 5.70. The van der Waals surface area contributed by atoms with E-state index in [0.29, 0.717) is 16.3 Å². The number of halogens is 1. The van der Waals surface area contributed by atoms with Crippen LogP contribution in [0.4, 0.5) is 0 Å². The molecular weight excluding hydrogens is 484 g/mol. The van der Waals surface area contributed by atoms with Gasteiger partial charge in [-0.25, -0.2) is 13.1 Å². The Hall–Kier alpha value is -3.62. The topological polar surface area (TPSA) is 86.0 Å². The van der Waals surface area contributed by atoms with Gasteiger partial charge in [-0.2, -0.15) is 5.10 Å². The normalized spacial score (nSPS) is 12.8. The Morgan fingerprint density at radius 1 is 1.20 bits per heavy atom. The predicted molar refractivity (Wildman–Crippen MR) is 140 cm³/mol. The van der Waals surface area contributed by atoms with Gasteiger partial charge in [-0.15, -0.1) is 6.58 Å². The summed E-state index contributed by atoms with van der Waals surface area (Å²) in [4.78, 5) is 12.6. The fraction of sp³-hybridized carbons (Fsp3) is 0.154. The molecule has 0 aliphatic carbocycles. The summed E-state index contributed by atoms with van der Waals surface area (Å²) in [6.45, 7) is 5.47. The molecule has 9 heteroatoms. The second kappa shape index (κ2) is 9.93. The van der Waals surface area contributed by atoms with Crippen LogP contribution in [0.15, 0.2) is 79.5 Å².